The van der Waals surface area contributed by atoms with Crippen LogP contribution in [0.4, 0.5) is 5.69 Å². The van der Waals surface area contributed by atoms with Crippen molar-refractivity contribution in [2.75, 3.05) is 31.6 Å². The van der Waals surface area contributed by atoms with Gasteiger partial charge in [-0.05, 0) is 44.4 Å². The van der Waals surface area contributed by atoms with E-state index in [2.05, 4.69) is 48.3 Å². The number of benzene rings is 1. The van der Waals surface area contributed by atoms with Crippen LogP contribution in [0.5, 0.6) is 0 Å². The third-order valence-electron chi connectivity index (χ3n) is 4.22. The van der Waals surface area contributed by atoms with E-state index in [4.69, 9.17) is 4.74 Å². The first kappa shape index (κ1) is 15.3. The highest BCUT2D eigenvalue weighted by atomic mass is 16.5. The van der Waals surface area contributed by atoms with Gasteiger partial charge in [-0.1, -0.05) is 25.1 Å². The van der Waals surface area contributed by atoms with Gasteiger partial charge in [0.1, 0.15) is 0 Å². The Morgan fingerprint density at radius 3 is 2.65 bits per heavy atom. The Morgan fingerprint density at radius 2 is 2.00 bits per heavy atom. The zero-order valence-corrected chi connectivity index (χ0v) is 13.1. The lowest BCUT2D eigenvalue weighted by Crippen LogP contribution is -2.37. The number of ether oxygens (including phenoxy) is 1. The number of hydrogen-bond donors (Lipinski definition) is 1. The molecule has 0 aromatic heterocycles. The summed E-state index contributed by atoms with van der Waals surface area (Å²) in [6.45, 7) is 7.73. The standard InChI is InChI=1S/C17H28N2O/c1-4-11-18-14(2)16-7-5-6-8-17(16)19-12-9-15(20-3)10-13-19/h5-8,14-15,18H,4,9-13H2,1-3H3. The highest BCUT2D eigenvalue weighted by molar-refractivity contribution is 5.55. The van der Waals surface area contributed by atoms with Gasteiger partial charge in [-0.15, -0.1) is 0 Å². The van der Waals surface area contributed by atoms with Crippen LogP contribution in [-0.4, -0.2) is 32.8 Å². The van der Waals surface area contributed by atoms with E-state index in [0.717, 1.165) is 32.5 Å². The topological polar surface area (TPSA) is 24.5 Å². The second-order valence-corrected chi connectivity index (χ2v) is 5.66. The van der Waals surface area contributed by atoms with Gasteiger partial charge in [-0.3, -0.25) is 0 Å². The summed E-state index contributed by atoms with van der Waals surface area (Å²) in [5, 5.41) is 3.60. The van der Waals surface area contributed by atoms with Crippen LogP contribution in [0.25, 0.3) is 0 Å². The Labute approximate surface area is 123 Å². The molecule has 1 fully saturated rings. The van der Waals surface area contributed by atoms with Crippen LogP contribution >= 0.6 is 0 Å². The third kappa shape index (κ3) is 3.74. The molecule has 1 atom stereocenters. The molecule has 1 aliphatic rings. The molecule has 112 valence electrons. The predicted molar refractivity (Wildman–Crippen MR) is 85.4 cm³/mol. The highest BCUT2D eigenvalue weighted by Gasteiger charge is 2.21. The maximum absolute atomic E-state index is 5.47. The maximum Gasteiger partial charge on any atom is 0.0605 e. The van der Waals surface area contributed by atoms with Crippen molar-refractivity contribution in [2.24, 2.45) is 0 Å². The van der Waals surface area contributed by atoms with Crippen molar-refractivity contribution in [1.82, 2.24) is 5.32 Å². The molecule has 3 nitrogen and oxygen atoms in total. The van der Waals surface area contributed by atoms with Gasteiger partial charge in [0.05, 0.1) is 6.10 Å². The van der Waals surface area contributed by atoms with Gasteiger partial charge >= 0.3 is 0 Å². The van der Waals surface area contributed by atoms with E-state index in [0.29, 0.717) is 12.1 Å². The van der Waals surface area contributed by atoms with E-state index in [1.54, 1.807) is 0 Å². The first-order valence-corrected chi connectivity index (χ1v) is 7.86. The number of nitrogens with zero attached hydrogens (tertiary/aromatic N) is 1. The van der Waals surface area contributed by atoms with E-state index >= 15 is 0 Å². The van der Waals surface area contributed by atoms with Crippen molar-refractivity contribution >= 4 is 5.69 Å². The molecule has 1 heterocycles. The molecule has 0 amide bonds. The Hall–Kier alpha value is -1.06. The second kappa shape index (κ2) is 7.65. The first-order valence-electron chi connectivity index (χ1n) is 7.86. The summed E-state index contributed by atoms with van der Waals surface area (Å²) in [6, 6.07) is 9.21. The highest BCUT2D eigenvalue weighted by Crippen LogP contribution is 2.29. The smallest absolute Gasteiger partial charge is 0.0605 e. The van der Waals surface area contributed by atoms with Crippen molar-refractivity contribution < 1.29 is 4.74 Å². The lowest BCUT2D eigenvalue weighted by molar-refractivity contribution is 0.0819. The zero-order chi connectivity index (χ0) is 14.4. The number of para-hydroxylation sites is 1. The van der Waals surface area contributed by atoms with E-state index in [1.165, 1.54) is 17.7 Å². The molecular weight excluding hydrogens is 248 g/mol. The number of nitrogens with one attached hydrogen (secondary N) is 1. The van der Waals surface area contributed by atoms with E-state index < -0.39 is 0 Å². The summed E-state index contributed by atoms with van der Waals surface area (Å²) >= 11 is 0. The van der Waals surface area contributed by atoms with Gasteiger partial charge in [0.2, 0.25) is 0 Å². The Morgan fingerprint density at radius 1 is 1.30 bits per heavy atom. The van der Waals surface area contributed by atoms with Crippen LogP contribution in [0.15, 0.2) is 24.3 Å². The minimum absolute atomic E-state index is 0.409. The van der Waals surface area contributed by atoms with Crippen molar-refractivity contribution in [2.45, 2.75) is 45.3 Å². The van der Waals surface area contributed by atoms with Crippen molar-refractivity contribution in [1.29, 1.82) is 0 Å². The van der Waals surface area contributed by atoms with E-state index in [-0.39, 0.29) is 0 Å². The summed E-state index contributed by atoms with van der Waals surface area (Å²) in [4.78, 5) is 2.51. The molecule has 2 rings (SSSR count). The summed E-state index contributed by atoms with van der Waals surface area (Å²) in [5.74, 6) is 0. The summed E-state index contributed by atoms with van der Waals surface area (Å²) in [7, 11) is 1.82. The fourth-order valence-electron chi connectivity index (χ4n) is 2.94. The largest absolute Gasteiger partial charge is 0.381 e. The molecule has 0 radical (unpaired) electrons. The quantitative estimate of drug-likeness (QED) is 0.862. The molecular formula is C17H28N2O. The van der Waals surface area contributed by atoms with Crippen LogP contribution in [0, 0.1) is 0 Å². The average molecular weight is 276 g/mol. The Balaban J connectivity index is 2.08. The lowest BCUT2D eigenvalue weighted by Gasteiger charge is -2.35. The number of piperidine rings is 1. The molecule has 1 saturated heterocycles. The molecule has 1 N–H and O–H groups in total. The van der Waals surface area contributed by atoms with Gasteiger partial charge in [0, 0.05) is 31.9 Å². The molecule has 1 aromatic rings. The van der Waals surface area contributed by atoms with Crippen LogP contribution in [0.2, 0.25) is 0 Å². The monoisotopic (exact) mass is 276 g/mol. The zero-order valence-electron chi connectivity index (χ0n) is 13.1. The summed E-state index contributed by atoms with van der Waals surface area (Å²) in [6.07, 6.45) is 3.86. The van der Waals surface area contributed by atoms with Crippen LogP contribution in [0.1, 0.15) is 44.7 Å². The molecule has 0 saturated carbocycles. The van der Waals surface area contributed by atoms with Gasteiger partial charge in [0.25, 0.3) is 0 Å². The van der Waals surface area contributed by atoms with Crippen molar-refractivity contribution in [3.63, 3.8) is 0 Å². The van der Waals surface area contributed by atoms with Gasteiger partial charge in [-0.2, -0.15) is 0 Å². The Bertz CT molecular complexity index is 400. The number of hydrogen-bond acceptors (Lipinski definition) is 3. The molecule has 1 unspecified atom stereocenters. The van der Waals surface area contributed by atoms with Gasteiger partial charge in [0.15, 0.2) is 0 Å². The SMILES string of the molecule is CCCNC(C)c1ccccc1N1CCC(OC)CC1. The number of anilines is 1. The molecule has 1 aliphatic heterocycles. The molecule has 0 aliphatic carbocycles. The van der Waals surface area contributed by atoms with Crippen LogP contribution in [-0.2, 0) is 4.74 Å². The number of methoxy groups -OCH3 is 1. The van der Waals surface area contributed by atoms with Crippen LogP contribution in [0.3, 0.4) is 0 Å². The normalized spacial score (nSPS) is 18.2. The number of rotatable bonds is 6. The molecule has 20 heavy (non-hydrogen) atoms. The van der Waals surface area contributed by atoms with Crippen LogP contribution < -0.4 is 10.2 Å². The van der Waals surface area contributed by atoms with E-state index in [9.17, 15) is 0 Å². The Kier molecular flexibility index (Phi) is 5.86. The molecule has 0 spiro atoms. The summed E-state index contributed by atoms with van der Waals surface area (Å²) in [5.41, 5.74) is 2.80. The van der Waals surface area contributed by atoms with Gasteiger partial charge < -0.3 is 15.0 Å². The predicted octanol–water partition coefficient (Wildman–Crippen LogP) is 3.36. The molecule has 3 heteroatoms. The van der Waals surface area contributed by atoms with E-state index in [1.807, 2.05) is 7.11 Å². The van der Waals surface area contributed by atoms with Gasteiger partial charge in [-0.25, -0.2) is 0 Å². The minimum atomic E-state index is 0.409. The fraction of sp³-hybridized carbons (Fsp3) is 0.647. The molecule has 1 aromatic carbocycles. The maximum atomic E-state index is 5.47. The van der Waals surface area contributed by atoms with Crippen molar-refractivity contribution in [3.05, 3.63) is 29.8 Å². The minimum Gasteiger partial charge on any atom is -0.381 e. The fourth-order valence-corrected chi connectivity index (χ4v) is 2.94. The third-order valence-corrected chi connectivity index (χ3v) is 4.22. The second-order valence-electron chi connectivity index (χ2n) is 5.66. The summed E-state index contributed by atoms with van der Waals surface area (Å²) < 4.78 is 5.47. The average Bonchev–Trinajstić information content (AvgIpc) is 2.52. The lowest BCUT2D eigenvalue weighted by atomic mass is 10.0. The first-order chi connectivity index (χ1) is 9.76. The molecule has 0 bridgehead atoms. The van der Waals surface area contributed by atoms with Crippen molar-refractivity contribution in [3.8, 4) is 0 Å².